The van der Waals surface area contributed by atoms with Crippen LogP contribution in [-0.2, 0) is 14.3 Å². The zero-order valence-electron chi connectivity index (χ0n) is 11.0. The summed E-state index contributed by atoms with van der Waals surface area (Å²) in [7, 11) is 0. The molecule has 1 saturated heterocycles. The second kappa shape index (κ2) is 6.53. The van der Waals surface area contributed by atoms with Crippen LogP contribution < -0.4 is 0 Å². The number of epoxide rings is 1. The molecule has 1 unspecified atom stereocenters. The van der Waals surface area contributed by atoms with Gasteiger partial charge in [-0.25, -0.2) is 4.79 Å². The van der Waals surface area contributed by atoms with Crippen molar-refractivity contribution >= 4 is 5.97 Å². The van der Waals surface area contributed by atoms with Crippen LogP contribution in [0.4, 0.5) is 0 Å². The van der Waals surface area contributed by atoms with Gasteiger partial charge in [0.25, 0.3) is 0 Å². The Morgan fingerprint density at radius 1 is 1.22 bits per heavy atom. The lowest BCUT2D eigenvalue weighted by atomic mass is 10.0. The molecule has 1 aliphatic heterocycles. The van der Waals surface area contributed by atoms with Crippen LogP contribution in [0.25, 0.3) is 0 Å². The average molecular weight is 256 g/mol. The Hall–Kier alpha value is -0.610. The summed E-state index contributed by atoms with van der Waals surface area (Å²) in [4.78, 5) is 10.9. The molecule has 4 nitrogen and oxygen atoms in total. The molecule has 4 heteroatoms. The lowest BCUT2D eigenvalue weighted by Gasteiger charge is -2.15. The number of rotatable bonds is 7. The summed E-state index contributed by atoms with van der Waals surface area (Å²) in [6, 6.07) is 0. The quantitative estimate of drug-likeness (QED) is 0.432. The third-order valence-corrected chi connectivity index (χ3v) is 4.01. The number of hydrogen-bond donors (Lipinski definition) is 1. The topological polar surface area (TPSA) is 59.1 Å². The molecule has 1 aliphatic carbocycles. The second-order valence-corrected chi connectivity index (χ2v) is 5.53. The zero-order chi connectivity index (χ0) is 12.8. The second-order valence-electron chi connectivity index (χ2n) is 5.53. The molecule has 0 amide bonds. The minimum absolute atomic E-state index is 0.381. The Morgan fingerprint density at radius 3 is 2.44 bits per heavy atom. The molecule has 0 aromatic carbocycles. The molecule has 1 N–H and O–H groups in total. The number of carboxylic acid groups (broad SMARTS) is 1. The third-order valence-electron chi connectivity index (χ3n) is 4.01. The zero-order valence-corrected chi connectivity index (χ0v) is 11.0. The van der Waals surface area contributed by atoms with Crippen molar-refractivity contribution in [3.8, 4) is 0 Å². The van der Waals surface area contributed by atoms with E-state index >= 15 is 0 Å². The molecule has 1 atom stereocenters. The average Bonchev–Trinajstić information content (AvgIpc) is 3.13. The lowest BCUT2D eigenvalue weighted by Crippen LogP contribution is -2.24. The van der Waals surface area contributed by atoms with Gasteiger partial charge in [-0.15, -0.1) is 0 Å². The van der Waals surface area contributed by atoms with Crippen LogP contribution in [0.3, 0.4) is 0 Å². The van der Waals surface area contributed by atoms with Crippen molar-refractivity contribution in [2.24, 2.45) is 0 Å². The normalized spacial score (nSPS) is 28.9. The van der Waals surface area contributed by atoms with Crippen molar-refractivity contribution in [3.05, 3.63) is 0 Å². The van der Waals surface area contributed by atoms with E-state index in [4.69, 9.17) is 14.6 Å². The van der Waals surface area contributed by atoms with E-state index in [1.54, 1.807) is 0 Å². The molecule has 0 aromatic heterocycles. The first-order chi connectivity index (χ1) is 8.73. The van der Waals surface area contributed by atoms with E-state index in [-0.39, 0.29) is 0 Å². The molecule has 2 rings (SSSR count). The number of carboxylic acids is 1. The first kappa shape index (κ1) is 13.8. The van der Waals surface area contributed by atoms with Gasteiger partial charge in [-0.3, -0.25) is 0 Å². The minimum Gasteiger partial charge on any atom is -0.479 e. The Labute approximate surface area is 109 Å². The van der Waals surface area contributed by atoms with Gasteiger partial charge in [-0.2, -0.15) is 0 Å². The van der Waals surface area contributed by atoms with Crippen LogP contribution in [0.1, 0.15) is 57.8 Å². The Morgan fingerprint density at radius 2 is 1.89 bits per heavy atom. The summed E-state index contributed by atoms with van der Waals surface area (Å²) in [5.74, 6) is -0.813. The molecule has 0 radical (unpaired) electrons. The first-order valence-electron chi connectivity index (χ1n) is 7.22. The molecule has 1 heterocycles. The van der Waals surface area contributed by atoms with Gasteiger partial charge >= 0.3 is 5.97 Å². The van der Waals surface area contributed by atoms with Gasteiger partial charge in [0.15, 0.2) is 5.60 Å². The smallest absolute Gasteiger partial charge is 0.338 e. The standard InChI is InChI=1S/C14H24O4/c15-13(16)14(11-18-14)9-5-6-10-17-12-7-3-1-2-4-8-12/h12H,1-11H2,(H,15,16). The summed E-state index contributed by atoms with van der Waals surface area (Å²) < 4.78 is 10.9. The van der Waals surface area contributed by atoms with E-state index in [9.17, 15) is 4.79 Å². The van der Waals surface area contributed by atoms with Crippen molar-refractivity contribution in [3.63, 3.8) is 0 Å². The van der Waals surface area contributed by atoms with E-state index < -0.39 is 11.6 Å². The highest BCUT2D eigenvalue weighted by atomic mass is 16.6. The van der Waals surface area contributed by atoms with Crippen LogP contribution in [0.2, 0.25) is 0 Å². The first-order valence-corrected chi connectivity index (χ1v) is 7.22. The minimum atomic E-state index is -0.845. The largest absolute Gasteiger partial charge is 0.479 e. The summed E-state index contributed by atoms with van der Waals surface area (Å²) in [5, 5.41) is 8.94. The molecule has 1 saturated carbocycles. The van der Waals surface area contributed by atoms with Gasteiger partial charge in [0.05, 0.1) is 12.7 Å². The van der Waals surface area contributed by atoms with Crippen LogP contribution in [-0.4, -0.2) is 36.0 Å². The predicted octanol–water partition coefficient (Wildman–Crippen LogP) is 2.75. The van der Waals surface area contributed by atoms with E-state index in [2.05, 4.69) is 0 Å². The van der Waals surface area contributed by atoms with Gasteiger partial charge in [0.1, 0.15) is 0 Å². The van der Waals surface area contributed by atoms with Crippen LogP contribution >= 0.6 is 0 Å². The fourth-order valence-corrected chi connectivity index (χ4v) is 2.63. The molecule has 0 spiro atoms. The summed E-state index contributed by atoms with van der Waals surface area (Å²) >= 11 is 0. The molecule has 2 fully saturated rings. The molecule has 0 aromatic rings. The molecule has 18 heavy (non-hydrogen) atoms. The molecular formula is C14H24O4. The van der Waals surface area contributed by atoms with E-state index in [1.165, 1.54) is 38.5 Å². The van der Waals surface area contributed by atoms with Gasteiger partial charge in [-0.05, 0) is 32.1 Å². The predicted molar refractivity (Wildman–Crippen MR) is 67.6 cm³/mol. The Bertz CT molecular complexity index is 265. The maximum atomic E-state index is 10.9. The van der Waals surface area contributed by atoms with Crippen molar-refractivity contribution in [2.45, 2.75) is 69.5 Å². The van der Waals surface area contributed by atoms with Crippen LogP contribution in [0.15, 0.2) is 0 Å². The van der Waals surface area contributed by atoms with E-state index in [0.717, 1.165) is 19.4 Å². The van der Waals surface area contributed by atoms with Crippen molar-refractivity contribution in [1.82, 2.24) is 0 Å². The van der Waals surface area contributed by atoms with Crippen molar-refractivity contribution < 1.29 is 19.4 Å². The molecule has 0 bridgehead atoms. The highest BCUT2D eigenvalue weighted by Crippen LogP contribution is 2.32. The molecule has 2 aliphatic rings. The van der Waals surface area contributed by atoms with Crippen molar-refractivity contribution in [1.29, 1.82) is 0 Å². The highest BCUT2D eigenvalue weighted by molar-refractivity contribution is 5.80. The Kier molecular flexibility index (Phi) is 5.01. The fraction of sp³-hybridized carbons (Fsp3) is 0.929. The van der Waals surface area contributed by atoms with Crippen LogP contribution in [0.5, 0.6) is 0 Å². The maximum absolute atomic E-state index is 10.9. The summed E-state index contributed by atoms with van der Waals surface area (Å²) in [5.41, 5.74) is -0.845. The SMILES string of the molecule is O=C(O)C1(CCCCOC2CCCCCC2)CO1. The number of ether oxygens (including phenoxy) is 2. The van der Waals surface area contributed by atoms with E-state index in [0.29, 0.717) is 19.1 Å². The number of unbranched alkanes of at least 4 members (excludes halogenated alkanes) is 1. The summed E-state index contributed by atoms with van der Waals surface area (Å²) in [6.07, 6.45) is 10.5. The van der Waals surface area contributed by atoms with Gasteiger partial charge in [0, 0.05) is 6.61 Å². The van der Waals surface area contributed by atoms with Gasteiger partial charge in [-0.1, -0.05) is 25.7 Å². The van der Waals surface area contributed by atoms with Crippen LogP contribution in [0, 0.1) is 0 Å². The maximum Gasteiger partial charge on any atom is 0.338 e. The monoisotopic (exact) mass is 256 g/mol. The number of hydrogen-bond acceptors (Lipinski definition) is 3. The van der Waals surface area contributed by atoms with E-state index in [1.807, 2.05) is 0 Å². The molecule has 104 valence electrons. The third kappa shape index (κ3) is 3.95. The fourth-order valence-electron chi connectivity index (χ4n) is 2.63. The summed E-state index contributed by atoms with van der Waals surface area (Å²) in [6.45, 7) is 1.15. The molecular weight excluding hydrogens is 232 g/mol. The lowest BCUT2D eigenvalue weighted by molar-refractivity contribution is -0.143. The number of aliphatic carboxylic acids is 1. The van der Waals surface area contributed by atoms with Crippen molar-refractivity contribution in [2.75, 3.05) is 13.2 Å². The Balaban J connectivity index is 1.52. The number of carbonyl (C=O) groups is 1. The highest BCUT2D eigenvalue weighted by Gasteiger charge is 2.51. The van der Waals surface area contributed by atoms with Gasteiger partial charge < -0.3 is 14.6 Å². The van der Waals surface area contributed by atoms with Gasteiger partial charge in [0.2, 0.25) is 0 Å².